The summed E-state index contributed by atoms with van der Waals surface area (Å²) >= 11 is 0. The Bertz CT molecular complexity index is 1530. The third kappa shape index (κ3) is 4.04. The van der Waals surface area contributed by atoms with Crippen LogP contribution in [0.3, 0.4) is 0 Å². The number of nitrogens with one attached hydrogen (secondary N) is 1. The lowest BCUT2D eigenvalue weighted by atomic mass is 10.4. The van der Waals surface area contributed by atoms with Crippen molar-refractivity contribution in [2.75, 3.05) is 16.8 Å². The van der Waals surface area contributed by atoms with Crippen LogP contribution in [0, 0.1) is 0 Å². The minimum atomic E-state index is -2.28. The summed E-state index contributed by atoms with van der Waals surface area (Å²) in [6, 6.07) is 5.26. The SMILES string of the molecule is C=CCn1c(=O)c2cnc(Nc3cnn(C)c3)nc2n1-c1cccc(N=S2(=O)CCCC2)n1. The Hall–Kier alpha value is -3.80. The largest absolute Gasteiger partial charge is 0.321 e. The van der Waals surface area contributed by atoms with Gasteiger partial charge in [-0.25, -0.2) is 23.5 Å². The molecule has 1 N–H and O–H groups in total. The Balaban J connectivity index is 1.66. The van der Waals surface area contributed by atoms with Crippen molar-refractivity contribution in [2.45, 2.75) is 19.4 Å². The lowest BCUT2D eigenvalue weighted by Crippen LogP contribution is -2.22. The van der Waals surface area contributed by atoms with E-state index in [0.29, 0.717) is 40.1 Å². The molecule has 0 saturated carbocycles. The average molecular weight is 466 g/mol. The Morgan fingerprint density at radius 3 is 2.79 bits per heavy atom. The zero-order valence-electron chi connectivity index (χ0n) is 18.1. The summed E-state index contributed by atoms with van der Waals surface area (Å²) in [6.45, 7) is 4.02. The summed E-state index contributed by atoms with van der Waals surface area (Å²) in [6.07, 6.45) is 8.38. The van der Waals surface area contributed by atoms with Gasteiger partial charge in [-0.05, 0) is 25.0 Å². The van der Waals surface area contributed by atoms with Gasteiger partial charge in [0, 0.05) is 30.9 Å². The molecule has 0 aromatic carbocycles. The van der Waals surface area contributed by atoms with Gasteiger partial charge in [-0.1, -0.05) is 12.1 Å². The molecule has 0 radical (unpaired) electrons. The van der Waals surface area contributed by atoms with Crippen molar-refractivity contribution in [3.05, 3.63) is 59.8 Å². The maximum atomic E-state index is 13.1. The highest BCUT2D eigenvalue weighted by Crippen LogP contribution is 2.22. The predicted molar refractivity (Wildman–Crippen MR) is 127 cm³/mol. The van der Waals surface area contributed by atoms with E-state index in [2.05, 4.69) is 36.3 Å². The van der Waals surface area contributed by atoms with Gasteiger partial charge in [-0.3, -0.25) is 9.48 Å². The smallest absolute Gasteiger partial charge is 0.278 e. The molecule has 1 fully saturated rings. The van der Waals surface area contributed by atoms with Gasteiger partial charge in [-0.2, -0.15) is 14.4 Å². The molecule has 1 aliphatic heterocycles. The van der Waals surface area contributed by atoms with E-state index in [1.54, 1.807) is 46.0 Å². The van der Waals surface area contributed by atoms with Crippen molar-refractivity contribution >= 4 is 38.2 Å². The lowest BCUT2D eigenvalue weighted by molar-refractivity contribution is 0.597. The van der Waals surface area contributed by atoms with E-state index < -0.39 is 9.73 Å². The van der Waals surface area contributed by atoms with Crippen molar-refractivity contribution in [1.82, 2.24) is 34.1 Å². The maximum absolute atomic E-state index is 13.1. The van der Waals surface area contributed by atoms with Gasteiger partial charge < -0.3 is 5.32 Å². The monoisotopic (exact) mass is 465 g/mol. The minimum absolute atomic E-state index is 0.250. The highest BCUT2D eigenvalue weighted by Gasteiger charge is 2.20. The normalized spacial score (nSPS) is 15.1. The van der Waals surface area contributed by atoms with Gasteiger partial charge in [0.25, 0.3) is 5.56 Å². The molecular weight excluding hydrogens is 442 g/mol. The molecule has 1 saturated heterocycles. The van der Waals surface area contributed by atoms with Gasteiger partial charge in [0.05, 0.1) is 28.2 Å². The van der Waals surface area contributed by atoms with E-state index in [9.17, 15) is 9.00 Å². The first kappa shape index (κ1) is 21.1. The third-order valence-electron chi connectivity index (χ3n) is 5.31. The van der Waals surface area contributed by atoms with E-state index in [1.165, 1.54) is 10.9 Å². The second-order valence-electron chi connectivity index (χ2n) is 7.78. The van der Waals surface area contributed by atoms with Gasteiger partial charge in [0.2, 0.25) is 5.95 Å². The van der Waals surface area contributed by atoms with Crippen molar-refractivity contribution in [2.24, 2.45) is 11.4 Å². The number of pyridine rings is 1. The van der Waals surface area contributed by atoms with Crippen LogP contribution in [0.4, 0.5) is 17.5 Å². The molecule has 5 rings (SSSR count). The van der Waals surface area contributed by atoms with Crippen molar-refractivity contribution in [3.63, 3.8) is 0 Å². The molecule has 0 bridgehead atoms. The Morgan fingerprint density at radius 1 is 1.24 bits per heavy atom. The molecule has 0 amide bonds. The lowest BCUT2D eigenvalue weighted by Gasteiger charge is -2.11. The summed E-state index contributed by atoms with van der Waals surface area (Å²) in [5, 5.41) is 7.56. The number of aromatic nitrogens is 7. The highest BCUT2D eigenvalue weighted by molar-refractivity contribution is 7.93. The first-order chi connectivity index (χ1) is 16.0. The van der Waals surface area contributed by atoms with E-state index >= 15 is 0 Å². The minimum Gasteiger partial charge on any atom is -0.321 e. The van der Waals surface area contributed by atoms with Crippen LogP contribution in [-0.4, -0.2) is 49.8 Å². The highest BCUT2D eigenvalue weighted by atomic mass is 32.2. The molecule has 33 heavy (non-hydrogen) atoms. The zero-order chi connectivity index (χ0) is 23.0. The van der Waals surface area contributed by atoms with Crippen LogP contribution < -0.4 is 10.9 Å². The molecule has 170 valence electrons. The Kier molecular flexibility index (Phi) is 5.29. The maximum Gasteiger partial charge on any atom is 0.278 e. The summed E-state index contributed by atoms with van der Waals surface area (Å²) in [4.78, 5) is 26.6. The number of fused-ring (bicyclic) bond motifs is 1. The summed E-state index contributed by atoms with van der Waals surface area (Å²) in [7, 11) is -0.467. The summed E-state index contributed by atoms with van der Waals surface area (Å²) < 4.78 is 22.1. The topological polar surface area (TPSA) is 125 Å². The molecule has 4 aromatic heterocycles. The molecule has 0 atom stereocenters. The molecule has 0 aliphatic carbocycles. The summed E-state index contributed by atoms with van der Waals surface area (Å²) in [5.74, 6) is 2.31. The van der Waals surface area contributed by atoms with E-state index in [4.69, 9.17) is 0 Å². The van der Waals surface area contributed by atoms with Crippen molar-refractivity contribution in [1.29, 1.82) is 0 Å². The summed E-state index contributed by atoms with van der Waals surface area (Å²) in [5.41, 5.74) is 0.845. The molecule has 12 heteroatoms. The van der Waals surface area contributed by atoms with E-state index in [-0.39, 0.29) is 12.1 Å². The van der Waals surface area contributed by atoms with Gasteiger partial charge >= 0.3 is 0 Å². The fraction of sp³-hybridized carbons (Fsp3) is 0.286. The molecule has 11 nitrogen and oxygen atoms in total. The standard InChI is InChI=1S/C21H23N9O2S/c1-3-9-29-20(31)16-13-22-21(24-15-12-23-28(2)14-15)26-19(16)30(29)18-8-6-7-17(25-18)27-33(32)10-4-5-11-33/h3,6-8,12-14H,1,4-5,9-11H2,2H3,(H,22,24,26). The number of rotatable bonds is 6. The predicted octanol–water partition coefficient (Wildman–Crippen LogP) is 2.53. The van der Waals surface area contributed by atoms with Gasteiger partial charge in [0.1, 0.15) is 5.39 Å². The second kappa shape index (κ2) is 8.28. The quantitative estimate of drug-likeness (QED) is 0.434. The van der Waals surface area contributed by atoms with Crippen LogP contribution in [-0.2, 0) is 23.3 Å². The third-order valence-corrected chi connectivity index (χ3v) is 7.68. The van der Waals surface area contributed by atoms with Crippen LogP contribution in [0.5, 0.6) is 0 Å². The van der Waals surface area contributed by atoms with Gasteiger partial charge in [-0.15, -0.1) is 6.58 Å². The first-order valence-corrected chi connectivity index (χ1v) is 12.4. The average Bonchev–Trinajstić information content (AvgIpc) is 3.47. The van der Waals surface area contributed by atoms with Crippen molar-refractivity contribution in [3.8, 4) is 5.82 Å². The number of hydrogen-bond acceptors (Lipinski definition) is 8. The van der Waals surface area contributed by atoms with Crippen LogP contribution >= 0.6 is 0 Å². The number of allylic oxidation sites excluding steroid dienone is 1. The molecule has 5 heterocycles. The zero-order valence-corrected chi connectivity index (χ0v) is 18.9. The van der Waals surface area contributed by atoms with Crippen LogP contribution in [0.1, 0.15) is 12.8 Å². The van der Waals surface area contributed by atoms with E-state index in [1.807, 2.05) is 7.05 Å². The number of aryl methyl sites for hydroxylation is 1. The molecule has 1 aliphatic rings. The fourth-order valence-corrected chi connectivity index (χ4v) is 5.96. The Morgan fingerprint density at radius 2 is 2.06 bits per heavy atom. The van der Waals surface area contributed by atoms with Crippen LogP contribution in [0.15, 0.2) is 58.6 Å². The van der Waals surface area contributed by atoms with Crippen LogP contribution in [0.2, 0.25) is 0 Å². The Labute approximate surface area is 190 Å². The first-order valence-electron chi connectivity index (χ1n) is 10.5. The van der Waals surface area contributed by atoms with Crippen LogP contribution in [0.25, 0.3) is 16.9 Å². The number of nitrogens with zero attached hydrogens (tertiary/aromatic N) is 8. The molecular formula is C21H23N9O2S. The number of anilines is 2. The van der Waals surface area contributed by atoms with E-state index in [0.717, 1.165) is 18.5 Å². The molecule has 0 unspecified atom stereocenters. The van der Waals surface area contributed by atoms with Crippen molar-refractivity contribution < 1.29 is 4.21 Å². The molecule has 4 aromatic rings. The second-order valence-corrected chi connectivity index (χ2v) is 10.3. The number of hydrogen-bond donors (Lipinski definition) is 1. The van der Waals surface area contributed by atoms with Gasteiger partial charge in [0.15, 0.2) is 17.3 Å². The fourth-order valence-electron chi connectivity index (χ4n) is 3.82. The molecule has 0 spiro atoms.